The van der Waals surface area contributed by atoms with Gasteiger partial charge >= 0.3 is 0 Å². The van der Waals surface area contributed by atoms with E-state index in [4.69, 9.17) is 17.0 Å². The van der Waals surface area contributed by atoms with Crippen molar-refractivity contribution in [3.8, 4) is 0 Å². The molecular formula is C9H16N2O3S2. The van der Waals surface area contributed by atoms with Crippen LogP contribution < -0.4 is 5.32 Å². The summed E-state index contributed by atoms with van der Waals surface area (Å²) >= 11 is 5.20. The first-order chi connectivity index (χ1) is 7.53. The average Bonchev–Trinajstić information content (AvgIpc) is 2.60. The van der Waals surface area contributed by atoms with Gasteiger partial charge in [0.1, 0.15) is 0 Å². The number of thiocarbonyl (C=S) groups is 1. The lowest BCUT2D eigenvalue weighted by molar-refractivity contribution is 0.183. The van der Waals surface area contributed by atoms with Gasteiger partial charge in [0.15, 0.2) is 14.9 Å². The molecule has 2 saturated heterocycles. The molecule has 1 N–H and O–H groups in total. The van der Waals surface area contributed by atoms with Crippen LogP contribution in [0.3, 0.4) is 0 Å². The van der Waals surface area contributed by atoms with Gasteiger partial charge in [-0.25, -0.2) is 8.42 Å². The van der Waals surface area contributed by atoms with Gasteiger partial charge in [-0.2, -0.15) is 0 Å². The first-order valence-corrected chi connectivity index (χ1v) is 7.53. The predicted molar refractivity (Wildman–Crippen MR) is 65.2 cm³/mol. The normalized spacial score (nSPS) is 31.6. The van der Waals surface area contributed by atoms with Gasteiger partial charge in [-0.3, -0.25) is 0 Å². The first-order valence-electron chi connectivity index (χ1n) is 5.30. The lowest BCUT2D eigenvalue weighted by atomic mass is 10.2. The summed E-state index contributed by atoms with van der Waals surface area (Å²) < 4.78 is 28.0. The van der Waals surface area contributed by atoms with E-state index in [2.05, 4.69) is 5.32 Å². The number of methoxy groups -OCH3 is 1. The molecule has 2 aliphatic rings. The van der Waals surface area contributed by atoms with Gasteiger partial charge in [-0.1, -0.05) is 0 Å². The van der Waals surface area contributed by atoms with E-state index in [-0.39, 0.29) is 23.6 Å². The lowest BCUT2D eigenvalue weighted by Crippen LogP contribution is -2.37. The molecule has 0 aromatic heterocycles. The zero-order valence-electron chi connectivity index (χ0n) is 9.18. The minimum absolute atomic E-state index is 0.0138. The molecule has 2 heterocycles. The molecule has 7 heteroatoms. The van der Waals surface area contributed by atoms with Crippen LogP contribution in [0.5, 0.6) is 0 Å². The molecule has 2 aliphatic heterocycles. The molecule has 5 nitrogen and oxygen atoms in total. The summed E-state index contributed by atoms with van der Waals surface area (Å²) in [7, 11) is -1.23. The Morgan fingerprint density at radius 3 is 3.00 bits per heavy atom. The highest BCUT2D eigenvalue weighted by Gasteiger charge is 2.46. The first kappa shape index (κ1) is 12.1. The van der Waals surface area contributed by atoms with Crippen molar-refractivity contribution in [3.05, 3.63) is 0 Å². The van der Waals surface area contributed by atoms with E-state index < -0.39 is 9.84 Å². The standard InChI is InChI=1S/C9H16N2O3S2/c1-14-4-2-3-11-8-6-16(12,13)5-7(8)10-9(11)15/h7-8H,2-6H2,1H3,(H,10,15). The topological polar surface area (TPSA) is 58.6 Å². The third-order valence-corrected chi connectivity index (χ3v) is 5.11. The van der Waals surface area contributed by atoms with Crippen molar-refractivity contribution in [1.29, 1.82) is 0 Å². The van der Waals surface area contributed by atoms with Crippen molar-refractivity contribution in [3.63, 3.8) is 0 Å². The third kappa shape index (κ3) is 2.31. The van der Waals surface area contributed by atoms with Gasteiger partial charge in [-0.05, 0) is 18.6 Å². The SMILES string of the molecule is COCCCN1C(=S)NC2CS(=O)(=O)CC21. The maximum absolute atomic E-state index is 11.5. The van der Waals surface area contributed by atoms with Crippen LogP contribution in [0.15, 0.2) is 0 Å². The van der Waals surface area contributed by atoms with E-state index in [1.165, 1.54) is 0 Å². The highest BCUT2D eigenvalue weighted by Crippen LogP contribution is 2.24. The fourth-order valence-corrected chi connectivity index (χ4v) is 4.61. The Labute approximate surface area is 101 Å². The fraction of sp³-hybridized carbons (Fsp3) is 0.889. The second-order valence-corrected chi connectivity index (χ2v) is 6.78. The smallest absolute Gasteiger partial charge is 0.169 e. The Morgan fingerprint density at radius 1 is 1.56 bits per heavy atom. The number of hydrogen-bond donors (Lipinski definition) is 1. The number of hydrogen-bond acceptors (Lipinski definition) is 4. The molecule has 2 fully saturated rings. The fourth-order valence-electron chi connectivity index (χ4n) is 2.31. The van der Waals surface area contributed by atoms with Gasteiger partial charge in [0.2, 0.25) is 0 Å². The summed E-state index contributed by atoms with van der Waals surface area (Å²) in [5, 5.41) is 3.77. The molecule has 2 unspecified atom stereocenters. The number of fused-ring (bicyclic) bond motifs is 1. The van der Waals surface area contributed by atoms with Crippen LogP contribution in [0, 0.1) is 0 Å². The average molecular weight is 264 g/mol. The minimum Gasteiger partial charge on any atom is -0.385 e. The third-order valence-electron chi connectivity index (χ3n) is 3.04. The molecule has 0 amide bonds. The summed E-state index contributed by atoms with van der Waals surface area (Å²) in [6, 6.07) is 0.00870. The largest absolute Gasteiger partial charge is 0.385 e. The Kier molecular flexibility index (Phi) is 3.37. The van der Waals surface area contributed by atoms with Gasteiger partial charge in [0, 0.05) is 20.3 Å². The molecule has 0 saturated carbocycles. The molecule has 16 heavy (non-hydrogen) atoms. The van der Waals surface area contributed by atoms with E-state index >= 15 is 0 Å². The van der Waals surface area contributed by atoms with Crippen molar-refractivity contribution in [2.75, 3.05) is 31.8 Å². The quantitative estimate of drug-likeness (QED) is 0.539. The van der Waals surface area contributed by atoms with E-state index in [9.17, 15) is 8.42 Å². The van der Waals surface area contributed by atoms with Crippen LogP contribution in [0.2, 0.25) is 0 Å². The highest BCUT2D eigenvalue weighted by atomic mass is 32.2. The number of rotatable bonds is 4. The number of nitrogens with one attached hydrogen (secondary N) is 1. The van der Waals surface area contributed by atoms with Crippen LogP contribution >= 0.6 is 12.2 Å². The van der Waals surface area contributed by atoms with E-state index in [0.717, 1.165) is 13.0 Å². The zero-order chi connectivity index (χ0) is 11.8. The van der Waals surface area contributed by atoms with E-state index in [1.54, 1.807) is 7.11 Å². The maximum Gasteiger partial charge on any atom is 0.169 e. The van der Waals surface area contributed by atoms with Gasteiger partial charge in [0.05, 0.1) is 23.6 Å². The Hall–Kier alpha value is -0.400. The number of ether oxygens (including phenoxy) is 1. The second-order valence-electron chi connectivity index (χ2n) is 4.24. The summed E-state index contributed by atoms with van der Waals surface area (Å²) in [4.78, 5) is 1.99. The van der Waals surface area contributed by atoms with Crippen LogP contribution in [-0.2, 0) is 14.6 Å². The number of nitrogens with zero attached hydrogens (tertiary/aromatic N) is 1. The molecular weight excluding hydrogens is 248 g/mol. The van der Waals surface area contributed by atoms with Crippen molar-refractivity contribution in [2.45, 2.75) is 18.5 Å². The van der Waals surface area contributed by atoms with E-state index in [0.29, 0.717) is 11.7 Å². The van der Waals surface area contributed by atoms with Crippen LogP contribution in [0.4, 0.5) is 0 Å². The van der Waals surface area contributed by atoms with Crippen LogP contribution in [-0.4, -0.2) is 62.3 Å². The molecule has 0 spiro atoms. The van der Waals surface area contributed by atoms with Gasteiger partial charge in [0.25, 0.3) is 0 Å². The monoisotopic (exact) mass is 264 g/mol. The highest BCUT2D eigenvalue weighted by molar-refractivity contribution is 7.91. The van der Waals surface area contributed by atoms with Crippen molar-refractivity contribution >= 4 is 27.2 Å². The summed E-state index contributed by atoms with van der Waals surface area (Å²) in [5.74, 6) is 0.427. The van der Waals surface area contributed by atoms with Crippen LogP contribution in [0.25, 0.3) is 0 Å². The Morgan fingerprint density at radius 2 is 2.31 bits per heavy atom. The van der Waals surface area contributed by atoms with Crippen molar-refractivity contribution in [1.82, 2.24) is 10.2 Å². The Bertz CT molecular complexity index is 382. The van der Waals surface area contributed by atoms with Crippen LogP contribution in [0.1, 0.15) is 6.42 Å². The van der Waals surface area contributed by atoms with Gasteiger partial charge < -0.3 is 15.0 Å². The van der Waals surface area contributed by atoms with Crippen molar-refractivity contribution < 1.29 is 13.2 Å². The molecule has 0 bridgehead atoms. The molecule has 0 aliphatic carbocycles. The summed E-state index contributed by atoms with van der Waals surface area (Å²) in [6.45, 7) is 1.43. The molecule has 2 atom stereocenters. The predicted octanol–water partition coefficient (Wildman–Crippen LogP) is -0.621. The lowest BCUT2D eigenvalue weighted by Gasteiger charge is -2.22. The van der Waals surface area contributed by atoms with E-state index in [1.807, 2.05) is 4.90 Å². The van der Waals surface area contributed by atoms with Crippen molar-refractivity contribution in [2.24, 2.45) is 0 Å². The number of sulfone groups is 1. The minimum atomic E-state index is -2.89. The zero-order valence-corrected chi connectivity index (χ0v) is 10.8. The Balaban J connectivity index is 1.99. The summed E-state index contributed by atoms with van der Waals surface area (Å²) in [5.41, 5.74) is 0. The molecule has 0 radical (unpaired) electrons. The summed E-state index contributed by atoms with van der Waals surface area (Å²) in [6.07, 6.45) is 0.863. The molecule has 92 valence electrons. The van der Waals surface area contributed by atoms with Gasteiger partial charge in [-0.15, -0.1) is 0 Å². The maximum atomic E-state index is 11.5. The molecule has 2 rings (SSSR count). The molecule has 0 aromatic rings. The molecule has 0 aromatic carbocycles. The second kappa shape index (κ2) is 4.46.